The van der Waals surface area contributed by atoms with Gasteiger partial charge in [0.25, 0.3) is 0 Å². The highest BCUT2D eigenvalue weighted by atomic mass is 32.2. The molecule has 1 fully saturated rings. The lowest BCUT2D eigenvalue weighted by atomic mass is 10.2. The van der Waals surface area contributed by atoms with E-state index in [0.717, 1.165) is 37.8 Å². The van der Waals surface area contributed by atoms with E-state index in [9.17, 15) is 17.2 Å². The highest BCUT2D eigenvalue weighted by molar-refractivity contribution is 7.89. The van der Waals surface area contributed by atoms with Gasteiger partial charge in [-0.05, 0) is 32.0 Å². The molecular formula is C13H18F2N2O2S. The highest BCUT2D eigenvalue weighted by Gasteiger charge is 2.27. The zero-order chi connectivity index (χ0) is 14.8. The molecule has 0 aliphatic heterocycles. The third-order valence-electron chi connectivity index (χ3n) is 3.47. The average Bonchev–Trinajstić information content (AvgIpc) is 2.86. The van der Waals surface area contributed by atoms with Gasteiger partial charge in [-0.15, -0.1) is 0 Å². The molecule has 2 rings (SSSR count). The minimum atomic E-state index is -3.95. The molecule has 1 aromatic rings. The Morgan fingerprint density at radius 2 is 1.90 bits per heavy atom. The number of hydrogen-bond donors (Lipinski definition) is 2. The van der Waals surface area contributed by atoms with E-state index in [4.69, 9.17) is 0 Å². The van der Waals surface area contributed by atoms with Gasteiger partial charge in [0.15, 0.2) is 5.82 Å². The molecule has 0 radical (unpaired) electrons. The lowest BCUT2D eigenvalue weighted by Gasteiger charge is -2.14. The number of benzene rings is 1. The van der Waals surface area contributed by atoms with Crippen LogP contribution in [0.4, 0.5) is 8.78 Å². The van der Waals surface area contributed by atoms with E-state index in [0.29, 0.717) is 0 Å². The molecule has 0 bridgehead atoms. The van der Waals surface area contributed by atoms with Gasteiger partial charge in [-0.2, -0.15) is 0 Å². The van der Waals surface area contributed by atoms with Gasteiger partial charge in [-0.25, -0.2) is 21.9 Å². The monoisotopic (exact) mass is 304 g/mol. The second kappa shape index (κ2) is 6.15. The number of rotatable bonds is 5. The van der Waals surface area contributed by atoms with Crippen molar-refractivity contribution in [1.29, 1.82) is 0 Å². The van der Waals surface area contributed by atoms with Gasteiger partial charge in [-0.1, -0.05) is 12.8 Å². The van der Waals surface area contributed by atoms with Crippen LogP contribution in [-0.2, 0) is 16.6 Å². The summed E-state index contributed by atoms with van der Waals surface area (Å²) in [7, 11) is -2.41. The minimum Gasteiger partial charge on any atom is -0.315 e. The number of hydrogen-bond acceptors (Lipinski definition) is 3. The van der Waals surface area contributed by atoms with Crippen LogP contribution in [0.5, 0.6) is 0 Å². The molecule has 1 aliphatic carbocycles. The third kappa shape index (κ3) is 3.16. The van der Waals surface area contributed by atoms with Crippen LogP contribution in [0, 0.1) is 11.6 Å². The lowest BCUT2D eigenvalue weighted by molar-refractivity contribution is 0.512. The summed E-state index contributed by atoms with van der Waals surface area (Å²) in [6, 6.07) is 1.80. The standard InChI is InChI=1S/C13H18F2N2O2S/c1-16-8-10-11(14)6-7-12(13(10)15)20(18,19)17-9-4-2-3-5-9/h6-7,9,16-17H,2-5,8H2,1H3. The van der Waals surface area contributed by atoms with Gasteiger partial charge in [0.05, 0.1) is 0 Å². The Balaban J connectivity index is 2.33. The number of sulfonamides is 1. The molecule has 1 aromatic carbocycles. The van der Waals surface area contributed by atoms with Crippen LogP contribution in [0.2, 0.25) is 0 Å². The molecule has 4 nitrogen and oxygen atoms in total. The SMILES string of the molecule is CNCc1c(F)ccc(S(=O)(=O)NC2CCCC2)c1F. The molecule has 1 aliphatic rings. The Kier molecular flexibility index (Phi) is 4.72. The first-order valence-electron chi connectivity index (χ1n) is 6.59. The second-order valence-electron chi connectivity index (χ2n) is 4.97. The van der Waals surface area contributed by atoms with Crippen LogP contribution < -0.4 is 10.0 Å². The summed E-state index contributed by atoms with van der Waals surface area (Å²) in [5, 5.41) is 2.62. The lowest BCUT2D eigenvalue weighted by Crippen LogP contribution is -2.33. The maximum atomic E-state index is 14.2. The van der Waals surface area contributed by atoms with Crippen molar-refractivity contribution >= 4 is 10.0 Å². The molecule has 20 heavy (non-hydrogen) atoms. The largest absolute Gasteiger partial charge is 0.315 e. The molecule has 0 spiro atoms. The van der Waals surface area contributed by atoms with E-state index in [1.165, 1.54) is 7.05 Å². The van der Waals surface area contributed by atoms with E-state index in [2.05, 4.69) is 10.0 Å². The van der Waals surface area contributed by atoms with Crippen molar-refractivity contribution in [3.63, 3.8) is 0 Å². The van der Waals surface area contributed by atoms with Crippen LogP contribution in [0.25, 0.3) is 0 Å². The van der Waals surface area contributed by atoms with Crippen molar-refractivity contribution in [1.82, 2.24) is 10.0 Å². The first kappa shape index (κ1) is 15.3. The summed E-state index contributed by atoms with van der Waals surface area (Å²) in [6.45, 7) is -0.0650. The van der Waals surface area contributed by atoms with Gasteiger partial charge in [-0.3, -0.25) is 0 Å². The van der Waals surface area contributed by atoms with Gasteiger partial charge in [0.1, 0.15) is 10.7 Å². The van der Waals surface area contributed by atoms with Gasteiger partial charge < -0.3 is 5.32 Å². The van der Waals surface area contributed by atoms with Crippen LogP contribution >= 0.6 is 0 Å². The molecule has 0 aromatic heterocycles. The Morgan fingerprint density at radius 3 is 2.50 bits per heavy atom. The maximum Gasteiger partial charge on any atom is 0.243 e. The Morgan fingerprint density at radius 1 is 1.25 bits per heavy atom. The summed E-state index contributed by atoms with van der Waals surface area (Å²) in [6.07, 6.45) is 3.44. The highest BCUT2D eigenvalue weighted by Crippen LogP contribution is 2.24. The van der Waals surface area contributed by atoms with Crippen molar-refractivity contribution in [2.45, 2.75) is 43.2 Å². The quantitative estimate of drug-likeness (QED) is 0.873. The fraction of sp³-hybridized carbons (Fsp3) is 0.538. The van der Waals surface area contributed by atoms with E-state index < -0.39 is 26.6 Å². The normalized spacial score (nSPS) is 16.8. The first-order valence-corrected chi connectivity index (χ1v) is 8.08. The summed E-state index contributed by atoms with van der Waals surface area (Å²) in [5.41, 5.74) is -0.262. The zero-order valence-electron chi connectivity index (χ0n) is 11.2. The molecule has 2 N–H and O–H groups in total. The third-order valence-corrected chi connectivity index (χ3v) is 5.01. The maximum absolute atomic E-state index is 14.2. The van der Waals surface area contributed by atoms with Crippen LogP contribution in [0.15, 0.2) is 17.0 Å². The molecule has 1 saturated carbocycles. The second-order valence-corrected chi connectivity index (χ2v) is 6.65. The van der Waals surface area contributed by atoms with Crippen molar-refractivity contribution in [2.24, 2.45) is 0 Å². The molecule has 7 heteroatoms. The average molecular weight is 304 g/mol. The molecule has 0 saturated heterocycles. The number of halogens is 2. The predicted molar refractivity (Wildman–Crippen MR) is 71.7 cm³/mol. The molecule has 112 valence electrons. The van der Waals surface area contributed by atoms with Gasteiger partial charge in [0, 0.05) is 18.2 Å². The fourth-order valence-corrected chi connectivity index (χ4v) is 3.86. The summed E-state index contributed by atoms with van der Waals surface area (Å²) >= 11 is 0. The smallest absolute Gasteiger partial charge is 0.243 e. The molecular weight excluding hydrogens is 286 g/mol. The topological polar surface area (TPSA) is 58.2 Å². The first-order chi connectivity index (χ1) is 9.45. The van der Waals surface area contributed by atoms with Crippen LogP contribution in [-0.4, -0.2) is 21.5 Å². The summed E-state index contributed by atoms with van der Waals surface area (Å²) in [4.78, 5) is -0.490. The van der Waals surface area contributed by atoms with E-state index in [1.54, 1.807) is 0 Å². The Hall–Kier alpha value is -1.05. The molecule has 0 unspecified atom stereocenters. The van der Waals surface area contributed by atoms with Gasteiger partial charge >= 0.3 is 0 Å². The van der Waals surface area contributed by atoms with E-state index >= 15 is 0 Å². The van der Waals surface area contributed by atoms with E-state index in [-0.39, 0.29) is 18.2 Å². The van der Waals surface area contributed by atoms with Crippen LogP contribution in [0.1, 0.15) is 31.2 Å². The number of nitrogens with one attached hydrogen (secondary N) is 2. The summed E-state index contributed by atoms with van der Waals surface area (Å²) in [5.74, 6) is -1.78. The van der Waals surface area contributed by atoms with Crippen molar-refractivity contribution < 1.29 is 17.2 Å². The Bertz CT molecular complexity index is 584. The molecule has 0 heterocycles. The van der Waals surface area contributed by atoms with E-state index in [1.807, 2.05) is 0 Å². The molecule has 0 atom stereocenters. The predicted octanol–water partition coefficient (Wildman–Crippen LogP) is 1.91. The Labute approximate surface area is 117 Å². The van der Waals surface area contributed by atoms with Crippen molar-refractivity contribution in [2.75, 3.05) is 7.05 Å². The van der Waals surface area contributed by atoms with Gasteiger partial charge in [0.2, 0.25) is 10.0 Å². The zero-order valence-corrected chi connectivity index (χ0v) is 12.1. The van der Waals surface area contributed by atoms with Crippen molar-refractivity contribution in [3.8, 4) is 0 Å². The molecule has 0 amide bonds. The fourth-order valence-electron chi connectivity index (χ4n) is 2.45. The van der Waals surface area contributed by atoms with Crippen molar-refractivity contribution in [3.05, 3.63) is 29.3 Å². The van der Waals surface area contributed by atoms with Crippen LogP contribution in [0.3, 0.4) is 0 Å². The summed E-state index contributed by atoms with van der Waals surface area (Å²) < 4.78 is 54.6. The minimum absolute atomic E-state index is 0.0650.